The Bertz CT molecular complexity index is 548. The molecule has 4 heteroatoms. The maximum atomic E-state index is 12.8. The second kappa shape index (κ2) is 7.80. The number of carbonyl (C=O) groups excluding carboxylic acids is 1. The van der Waals surface area contributed by atoms with Crippen molar-refractivity contribution >= 4 is 21.8 Å². The molecule has 1 aromatic rings. The number of rotatable bonds is 4. The summed E-state index contributed by atoms with van der Waals surface area (Å²) in [4.78, 5) is 17.4. The molecule has 0 aliphatic carbocycles. The molecule has 2 aliphatic rings. The molecule has 1 amide bonds. The van der Waals surface area contributed by atoms with Crippen LogP contribution in [0.25, 0.3) is 0 Å². The van der Waals surface area contributed by atoms with Crippen molar-refractivity contribution in [1.29, 1.82) is 0 Å². The Balaban J connectivity index is 1.67. The maximum Gasteiger partial charge on any atom is 0.237 e. The van der Waals surface area contributed by atoms with Gasteiger partial charge in [0.25, 0.3) is 0 Å². The Morgan fingerprint density at radius 2 is 2.09 bits per heavy atom. The first-order chi connectivity index (χ1) is 11.2. The lowest BCUT2D eigenvalue weighted by atomic mass is 10.00. The minimum Gasteiger partial charge on any atom is -0.339 e. The summed E-state index contributed by atoms with van der Waals surface area (Å²) in [5.74, 6) is 0.332. The molecular formula is C19H27BrN2O. The summed E-state index contributed by atoms with van der Waals surface area (Å²) in [5.41, 5.74) is 1.33. The predicted octanol–water partition coefficient (Wildman–Crippen LogP) is 4.38. The smallest absolute Gasteiger partial charge is 0.237 e. The van der Waals surface area contributed by atoms with Crippen LogP contribution in [0, 0.1) is 0 Å². The molecule has 0 radical (unpaired) electrons. The van der Waals surface area contributed by atoms with E-state index in [4.69, 9.17) is 0 Å². The van der Waals surface area contributed by atoms with E-state index in [9.17, 15) is 4.79 Å². The fourth-order valence-corrected chi connectivity index (χ4v) is 4.54. The molecule has 0 aromatic heterocycles. The summed E-state index contributed by atoms with van der Waals surface area (Å²) in [5, 5.41) is 0. The van der Waals surface area contributed by atoms with Gasteiger partial charge in [-0.15, -0.1) is 0 Å². The van der Waals surface area contributed by atoms with E-state index in [1.165, 1.54) is 24.8 Å². The Labute approximate surface area is 148 Å². The average Bonchev–Trinajstić information content (AvgIpc) is 3.03. The third-order valence-electron chi connectivity index (χ3n) is 5.35. The molecule has 2 saturated heterocycles. The molecule has 0 N–H and O–H groups in total. The number of piperidine rings is 1. The van der Waals surface area contributed by atoms with Gasteiger partial charge < -0.3 is 4.90 Å². The van der Waals surface area contributed by atoms with E-state index in [0.717, 1.165) is 36.8 Å². The van der Waals surface area contributed by atoms with Crippen molar-refractivity contribution in [3.05, 3.63) is 34.3 Å². The zero-order valence-corrected chi connectivity index (χ0v) is 15.6. The number of nitrogens with zero attached hydrogens (tertiary/aromatic N) is 2. The normalized spacial score (nSPS) is 25.7. The quantitative estimate of drug-likeness (QED) is 0.775. The molecule has 23 heavy (non-hydrogen) atoms. The molecule has 126 valence electrons. The highest BCUT2D eigenvalue weighted by Crippen LogP contribution is 2.33. The van der Waals surface area contributed by atoms with Gasteiger partial charge in [0.2, 0.25) is 5.91 Å². The maximum absolute atomic E-state index is 12.8. The van der Waals surface area contributed by atoms with E-state index in [1.54, 1.807) is 0 Å². The number of benzene rings is 1. The van der Waals surface area contributed by atoms with Crippen molar-refractivity contribution < 1.29 is 4.79 Å². The minimum absolute atomic E-state index is 0.332. The lowest BCUT2D eigenvalue weighted by Crippen LogP contribution is -2.47. The minimum atomic E-state index is 0.332. The van der Waals surface area contributed by atoms with Crippen LogP contribution in [0.5, 0.6) is 0 Å². The number of hydrogen-bond acceptors (Lipinski definition) is 2. The standard InChI is InChI=1S/C19H27BrN2O/c1-2-17-9-3-4-12-22(17)19(23)14-21-11-6-10-18(21)15-7-5-8-16(20)13-15/h5,7-8,13,17-18H,2-4,6,9-12,14H2,1H3/t17-,18-/m0/s1. The van der Waals surface area contributed by atoms with Gasteiger partial charge >= 0.3 is 0 Å². The number of likely N-dealkylation sites (tertiary alicyclic amines) is 2. The van der Waals surface area contributed by atoms with Crippen molar-refractivity contribution in [3.63, 3.8) is 0 Å². The number of halogens is 1. The predicted molar refractivity (Wildman–Crippen MR) is 97.3 cm³/mol. The second-order valence-corrected chi connectivity index (χ2v) is 7.74. The lowest BCUT2D eigenvalue weighted by Gasteiger charge is -2.37. The molecule has 3 nitrogen and oxygen atoms in total. The van der Waals surface area contributed by atoms with Gasteiger partial charge in [0, 0.05) is 23.1 Å². The van der Waals surface area contributed by atoms with Crippen LogP contribution in [0.4, 0.5) is 0 Å². The van der Waals surface area contributed by atoms with Crippen molar-refractivity contribution in [2.45, 2.75) is 57.5 Å². The van der Waals surface area contributed by atoms with E-state index >= 15 is 0 Å². The van der Waals surface area contributed by atoms with Crippen LogP contribution in [0.15, 0.2) is 28.7 Å². The zero-order valence-electron chi connectivity index (χ0n) is 14.0. The van der Waals surface area contributed by atoms with Gasteiger partial charge in [0.15, 0.2) is 0 Å². The largest absolute Gasteiger partial charge is 0.339 e. The van der Waals surface area contributed by atoms with E-state index in [1.807, 2.05) is 0 Å². The highest BCUT2D eigenvalue weighted by Gasteiger charge is 2.31. The Kier molecular flexibility index (Phi) is 5.76. The fraction of sp³-hybridized carbons (Fsp3) is 0.632. The molecule has 0 spiro atoms. The lowest BCUT2D eigenvalue weighted by molar-refractivity contribution is -0.136. The van der Waals surface area contributed by atoms with Crippen molar-refractivity contribution in [3.8, 4) is 0 Å². The number of amides is 1. The molecule has 2 atom stereocenters. The van der Waals surface area contributed by atoms with Gasteiger partial charge in [0.05, 0.1) is 6.54 Å². The summed E-state index contributed by atoms with van der Waals surface area (Å²) < 4.78 is 1.12. The Hall–Kier alpha value is -0.870. The molecule has 0 bridgehead atoms. The molecule has 0 saturated carbocycles. The molecule has 2 aliphatic heterocycles. The first kappa shape index (κ1) is 17.0. The van der Waals surface area contributed by atoms with Crippen LogP contribution in [0.3, 0.4) is 0 Å². The highest BCUT2D eigenvalue weighted by atomic mass is 79.9. The molecule has 2 heterocycles. The van der Waals surface area contributed by atoms with E-state index in [-0.39, 0.29) is 0 Å². The fourth-order valence-electron chi connectivity index (χ4n) is 4.12. The van der Waals surface area contributed by atoms with Crippen LogP contribution < -0.4 is 0 Å². The number of carbonyl (C=O) groups is 1. The average molecular weight is 379 g/mol. The van der Waals surface area contributed by atoms with E-state index < -0.39 is 0 Å². The monoisotopic (exact) mass is 378 g/mol. The van der Waals surface area contributed by atoms with Crippen LogP contribution in [0.1, 0.15) is 57.1 Å². The van der Waals surface area contributed by atoms with Gasteiger partial charge in [-0.2, -0.15) is 0 Å². The first-order valence-corrected chi connectivity index (χ1v) is 9.77. The molecule has 3 rings (SSSR count). The zero-order chi connectivity index (χ0) is 16.2. The van der Waals surface area contributed by atoms with Crippen LogP contribution >= 0.6 is 15.9 Å². The van der Waals surface area contributed by atoms with Gasteiger partial charge in [0.1, 0.15) is 0 Å². The SMILES string of the molecule is CC[C@H]1CCCCN1C(=O)CN1CCC[C@H]1c1cccc(Br)c1. The summed E-state index contributed by atoms with van der Waals surface area (Å²) in [6.07, 6.45) is 7.03. The van der Waals surface area contributed by atoms with Crippen molar-refractivity contribution in [2.24, 2.45) is 0 Å². The molecule has 0 unspecified atom stereocenters. The van der Waals surface area contributed by atoms with E-state index in [2.05, 4.69) is 56.9 Å². The molecule has 1 aromatic carbocycles. The van der Waals surface area contributed by atoms with E-state index in [0.29, 0.717) is 24.5 Å². The van der Waals surface area contributed by atoms with Gasteiger partial charge in [-0.25, -0.2) is 0 Å². The van der Waals surface area contributed by atoms with Crippen molar-refractivity contribution in [1.82, 2.24) is 9.80 Å². The Morgan fingerprint density at radius 1 is 1.22 bits per heavy atom. The molecule has 2 fully saturated rings. The highest BCUT2D eigenvalue weighted by molar-refractivity contribution is 9.10. The summed E-state index contributed by atoms with van der Waals surface area (Å²) in [6, 6.07) is 9.39. The second-order valence-electron chi connectivity index (χ2n) is 6.83. The molecular weight excluding hydrogens is 352 g/mol. The van der Waals surface area contributed by atoms with Crippen LogP contribution in [0.2, 0.25) is 0 Å². The summed E-state index contributed by atoms with van der Waals surface area (Å²) in [7, 11) is 0. The van der Waals surface area contributed by atoms with Gasteiger partial charge in [-0.1, -0.05) is 35.0 Å². The van der Waals surface area contributed by atoms with Crippen LogP contribution in [-0.2, 0) is 4.79 Å². The van der Waals surface area contributed by atoms with Crippen LogP contribution in [-0.4, -0.2) is 41.4 Å². The third-order valence-corrected chi connectivity index (χ3v) is 5.85. The number of hydrogen-bond donors (Lipinski definition) is 0. The first-order valence-electron chi connectivity index (χ1n) is 8.98. The Morgan fingerprint density at radius 3 is 2.87 bits per heavy atom. The van der Waals surface area contributed by atoms with Crippen molar-refractivity contribution in [2.75, 3.05) is 19.6 Å². The van der Waals surface area contributed by atoms with Gasteiger partial charge in [-0.3, -0.25) is 9.69 Å². The summed E-state index contributed by atoms with van der Waals surface area (Å²) in [6.45, 7) is 4.77. The topological polar surface area (TPSA) is 23.6 Å². The third kappa shape index (κ3) is 3.97. The van der Waals surface area contributed by atoms with Gasteiger partial charge in [-0.05, 0) is 62.8 Å². The summed E-state index contributed by atoms with van der Waals surface area (Å²) >= 11 is 3.57.